The van der Waals surface area contributed by atoms with Crippen molar-refractivity contribution in [3.8, 4) is 11.4 Å². The van der Waals surface area contributed by atoms with Crippen molar-refractivity contribution < 1.29 is 4.52 Å². The van der Waals surface area contributed by atoms with Crippen LogP contribution in [0.3, 0.4) is 0 Å². The van der Waals surface area contributed by atoms with Gasteiger partial charge in [-0.1, -0.05) is 10.4 Å². The minimum Gasteiger partial charge on any atom is -0.337 e. The largest absolute Gasteiger partial charge is 0.337 e. The number of rotatable bonds is 5. The Balaban J connectivity index is 1.72. The molecule has 8 heteroatoms. The molecule has 0 spiro atoms. The van der Waals surface area contributed by atoms with E-state index >= 15 is 0 Å². The van der Waals surface area contributed by atoms with E-state index in [1.165, 1.54) is 0 Å². The zero-order valence-corrected chi connectivity index (χ0v) is 11.4. The molecular weight excluding hydrogens is 286 g/mol. The Morgan fingerprint density at radius 1 is 1.42 bits per heavy atom. The molecule has 0 N–H and O–H groups in total. The third-order valence-electron chi connectivity index (χ3n) is 2.48. The van der Waals surface area contributed by atoms with Crippen LogP contribution in [0, 0.1) is 0 Å². The quantitative estimate of drug-likeness (QED) is 0.675. The van der Waals surface area contributed by atoms with Crippen molar-refractivity contribution in [3.63, 3.8) is 0 Å². The first-order valence-electron chi connectivity index (χ1n) is 5.65. The Labute approximate surface area is 118 Å². The lowest BCUT2D eigenvalue weighted by atomic mass is 10.3. The van der Waals surface area contributed by atoms with Gasteiger partial charge >= 0.3 is 0 Å². The maximum absolute atomic E-state index is 5.65. The minimum absolute atomic E-state index is 0.409. The van der Waals surface area contributed by atoms with Crippen LogP contribution in [0.1, 0.15) is 11.6 Å². The predicted molar refractivity (Wildman–Crippen MR) is 71.2 cm³/mol. The van der Waals surface area contributed by atoms with Crippen LogP contribution in [0.2, 0.25) is 0 Å². The first-order chi connectivity index (χ1) is 9.35. The van der Waals surface area contributed by atoms with Gasteiger partial charge < -0.3 is 4.52 Å². The molecule has 3 aromatic heterocycles. The van der Waals surface area contributed by atoms with E-state index in [0.717, 1.165) is 11.3 Å². The normalized spacial score (nSPS) is 11.0. The minimum atomic E-state index is 0.409. The smallest absolute Gasteiger partial charge is 0.248 e. The molecule has 6 nitrogen and oxygen atoms in total. The molecule has 0 atom stereocenters. The highest BCUT2D eigenvalue weighted by molar-refractivity contribution is 7.08. The maximum atomic E-state index is 5.65. The third-order valence-corrected chi connectivity index (χ3v) is 3.35. The predicted octanol–water partition coefficient (Wildman–Crippen LogP) is 2.22. The number of alkyl halides is 1. The van der Waals surface area contributed by atoms with E-state index in [2.05, 4.69) is 20.5 Å². The molecule has 3 heterocycles. The van der Waals surface area contributed by atoms with Gasteiger partial charge in [0.2, 0.25) is 11.7 Å². The van der Waals surface area contributed by atoms with Crippen LogP contribution >= 0.6 is 22.9 Å². The van der Waals surface area contributed by atoms with E-state index < -0.39 is 0 Å². The lowest BCUT2D eigenvalue weighted by Gasteiger charge is -1.92. The average Bonchev–Trinajstić information content (AvgIpc) is 3.10. The fraction of sp³-hybridized carbons (Fsp3) is 0.273. The van der Waals surface area contributed by atoms with Gasteiger partial charge in [-0.3, -0.25) is 0 Å². The first-order valence-corrected chi connectivity index (χ1v) is 7.13. The second-order valence-electron chi connectivity index (χ2n) is 3.87. The Bertz CT molecular complexity index is 648. The van der Waals surface area contributed by atoms with Crippen molar-refractivity contribution >= 4 is 22.9 Å². The number of aryl methyl sites for hydroxylation is 1. The van der Waals surface area contributed by atoms with E-state index in [0.29, 0.717) is 30.6 Å². The van der Waals surface area contributed by atoms with Crippen molar-refractivity contribution in [2.45, 2.75) is 13.0 Å². The van der Waals surface area contributed by atoms with Crippen LogP contribution in [0.25, 0.3) is 11.4 Å². The van der Waals surface area contributed by atoms with Crippen LogP contribution in [0.15, 0.2) is 27.5 Å². The lowest BCUT2D eigenvalue weighted by Crippen LogP contribution is -2.00. The summed E-state index contributed by atoms with van der Waals surface area (Å²) in [7, 11) is 0. The summed E-state index contributed by atoms with van der Waals surface area (Å²) in [6, 6.07) is 1.95. The summed E-state index contributed by atoms with van der Waals surface area (Å²) in [6.45, 7) is 0.409. The summed E-state index contributed by atoms with van der Waals surface area (Å²) in [5, 5.41) is 15.9. The molecule has 0 fully saturated rings. The number of halogens is 1. The number of aromatic nitrogens is 5. The second-order valence-corrected chi connectivity index (χ2v) is 5.03. The monoisotopic (exact) mass is 295 g/mol. The summed E-state index contributed by atoms with van der Waals surface area (Å²) in [5.41, 5.74) is 1.81. The molecule has 0 aliphatic rings. The molecule has 3 aromatic rings. The van der Waals surface area contributed by atoms with Crippen LogP contribution in [-0.4, -0.2) is 31.0 Å². The topological polar surface area (TPSA) is 69.6 Å². The molecule has 0 unspecified atom stereocenters. The van der Waals surface area contributed by atoms with Gasteiger partial charge in [-0.25, -0.2) is 4.68 Å². The summed E-state index contributed by atoms with van der Waals surface area (Å²) < 4.78 is 6.85. The summed E-state index contributed by atoms with van der Waals surface area (Å²) in [6.07, 6.45) is 2.53. The maximum Gasteiger partial charge on any atom is 0.248 e. The van der Waals surface area contributed by atoms with Gasteiger partial charge in [0, 0.05) is 29.4 Å². The number of nitrogens with zero attached hydrogens (tertiary/aromatic N) is 5. The summed E-state index contributed by atoms with van der Waals surface area (Å²) in [5.74, 6) is 1.63. The second kappa shape index (κ2) is 5.50. The Morgan fingerprint density at radius 2 is 2.37 bits per heavy atom. The highest BCUT2D eigenvalue weighted by atomic mass is 35.5. The molecule has 0 radical (unpaired) electrons. The van der Waals surface area contributed by atoms with Crippen molar-refractivity contribution in [2.75, 3.05) is 5.88 Å². The highest BCUT2D eigenvalue weighted by Gasteiger charge is 2.10. The molecule has 0 amide bonds. The van der Waals surface area contributed by atoms with Gasteiger partial charge in [-0.15, -0.1) is 16.7 Å². The van der Waals surface area contributed by atoms with E-state index in [9.17, 15) is 0 Å². The molecular formula is C11H10ClN5OS. The van der Waals surface area contributed by atoms with Gasteiger partial charge in [0.15, 0.2) is 0 Å². The molecule has 0 aliphatic carbocycles. The fourth-order valence-electron chi connectivity index (χ4n) is 1.59. The molecule has 3 rings (SSSR count). The van der Waals surface area contributed by atoms with Crippen LogP contribution in [-0.2, 0) is 13.0 Å². The van der Waals surface area contributed by atoms with Crippen molar-refractivity contribution in [1.82, 2.24) is 25.1 Å². The Kier molecular flexibility index (Phi) is 3.56. The van der Waals surface area contributed by atoms with E-state index in [-0.39, 0.29) is 0 Å². The highest BCUT2D eigenvalue weighted by Crippen LogP contribution is 2.18. The third kappa shape index (κ3) is 2.82. The van der Waals surface area contributed by atoms with Gasteiger partial charge in [0.05, 0.1) is 5.69 Å². The van der Waals surface area contributed by atoms with Crippen LogP contribution < -0.4 is 0 Å². The standard InChI is InChI=1S/C11H10ClN5OS/c12-3-1-9-5-17(16-14-9)6-10-13-11(15-18-10)8-2-4-19-7-8/h2,4-5,7H,1,3,6H2. The first kappa shape index (κ1) is 12.3. The van der Waals surface area contributed by atoms with E-state index in [1.807, 2.05) is 23.0 Å². The van der Waals surface area contributed by atoms with Crippen LogP contribution in [0.4, 0.5) is 0 Å². The van der Waals surface area contributed by atoms with E-state index in [4.69, 9.17) is 16.1 Å². The lowest BCUT2D eigenvalue weighted by molar-refractivity contribution is 0.364. The van der Waals surface area contributed by atoms with Gasteiger partial charge in [0.25, 0.3) is 0 Å². The van der Waals surface area contributed by atoms with Crippen molar-refractivity contribution in [3.05, 3.63) is 34.6 Å². The molecule has 19 heavy (non-hydrogen) atoms. The van der Waals surface area contributed by atoms with Gasteiger partial charge in [0.1, 0.15) is 6.54 Å². The van der Waals surface area contributed by atoms with Crippen molar-refractivity contribution in [1.29, 1.82) is 0 Å². The van der Waals surface area contributed by atoms with Crippen molar-refractivity contribution in [2.24, 2.45) is 0 Å². The number of hydrogen-bond acceptors (Lipinski definition) is 6. The molecule has 0 bridgehead atoms. The van der Waals surface area contributed by atoms with E-state index in [1.54, 1.807) is 16.0 Å². The molecule has 0 saturated carbocycles. The SMILES string of the molecule is ClCCc1cn(Cc2nc(-c3ccsc3)no2)nn1. The molecule has 98 valence electrons. The zero-order valence-electron chi connectivity index (χ0n) is 9.86. The number of thiophene rings is 1. The zero-order chi connectivity index (χ0) is 13.1. The Morgan fingerprint density at radius 3 is 3.16 bits per heavy atom. The molecule has 0 aromatic carbocycles. The average molecular weight is 296 g/mol. The summed E-state index contributed by atoms with van der Waals surface area (Å²) in [4.78, 5) is 4.32. The molecule has 0 saturated heterocycles. The summed E-state index contributed by atoms with van der Waals surface area (Å²) >= 11 is 7.24. The van der Waals surface area contributed by atoms with Gasteiger partial charge in [-0.2, -0.15) is 16.3 Å². The Hall–Kier alpha value is -1.73. The molecule has 0 aliphatic heterocycles. The van der Waals surface area contributed by atoms with Gasteiger partial charge in [-0.05, 0) is 11.4 Å². The van der Waals surface area contributed by atoms with Crippen LogP contribution in [0.5, 0.6) is 0 Å². The fourth-order valence-corrected chi connectivity index (χ4v) is 2.42. The number of hydrogen-bond donors (Lipinski definition) is 0.